The van der Waals surface area contributed by atoms with Crippen molar-refractivity contribution >= 4 is 11.6 Å². The van der Waals surface area contributed by atoms with Crippen molar-refractivity contribution < 1.29 is 14.3 Å². The Kier molecular flexibility index (Phi) is 3.88. The first-order chi connectivity index (χ1) is 7.83. The number of nitrogens with two attached hydrogens (primary N) is 1. The Morgan fingerprint density at radius 2 is 2.00 bits per heavy atom. The van der Waals surface area contributed by atoms with E-state index < -0.39 is 0 Å². The number of ether oxygens (including phenoxy) is 2. The summed E-state index contributed by atoms with van der Waals surface area (Å²) in [5, 5.41) is 0.578. The van der Waals surface area contributed by atoms with Crippen LogP contribution >= 0.6 is 11.6 Å². The van der Waals surface area contributed by atoms with Gasteiger partial charge in [-0.1, -0.05) is 17.7 Å². The van der Waals surface area contributed by atoms with Gasteiger partial charge in [-0.15, -0.1) is 0 Å². The number of fused-ring (bicyclic) bond motifs is 1. The number of hydrogen-bond acceptors (Lipinski definition) is 4. The Bertz CT molecular complexity index is 370. The van der Waals surface area contributed by atoms with Gasteiger partial charge in [0.25, 0.3) is 0 Å². The van der Waals surface area contributed by atoms with Crippen molar-refractivity contribution in [3.63, 3.8) is 0 Å². The van der Waals surface area contributed by atoms with Gasteiger partial charge < -0.3 is 14.3 Å². The first kappa shape index (κ1) is 11.5. The largest absolute Gasteiger partial charge is 0.489 e. The van der Waals surface area contributed by atoms with E-state index in [4.69, 9.17) is 27.0 Å². The molecule has 0 amide bonds. The van der Waals surface area contributed by atoms with E-state index in [-0.39, 0.29) is 0 Å². The molecule has 1 aliphatic rings. The van der Waals surface area contributed by atoms with Crippen LogP contribution in [0.5, 0.6) is 11.5 Å². The van der Waals surface area contributed by atoms with Gasteiger partial charge in [-0.2, -0.15) is 0 Å². The van der Waals surface area contributed by atoms with Crippen molar-refractivity contribution in [3.8, 4) is 11.5 Å². The summed E-state index contributed by atoms with van der Waals surface area (Å²) >= 11 is 6.06. The molecule has 1 aromatic rings. The maximum Gasteiger partial charge on any atom is 0.180 e. The van der Waals surface area contributed by atoms with Crippen LogP contribution in [0, 0.1) is 0 Å². The van der Waals surface area contributed by atoms with E-state index in [1.165, 1.54) is 0 Å². The summed E-state index contributed by atoms with van der Waals surface area (Å²) in [5.41, 5.74) is 1.01. The first-order valence-electron chi connectivity index (χ1n) is 5.21. The summed E-state index contributed by atoms with van der Waals surface area (Å²) in [4.78, 5) is 4.57. The van der Waals surface area contributed by atoms with Crippen molar-refractivity contribution in [3.05, 3.63) is 22.7 Å². The van der Waals surface area contributed by atoms with Crippen molar-refractivity contribution in [1.29, 1.82) is 0 Å². The molecule has 5 heteroatoms. The van der Waals surface area contributed by atoms with E-state index in [2.05, 4.69) is 4.84 Å². The molecule has 0 bridgehead atoms. The van der Waals surface area contributed by atoms with Gasteiger partial charge in [0.1, 0.15) is 0 Å². The third-order valence-electron chi connectivity index (χ3n) is 2.42. The SMILES string of the molecule is NOCCc1ccc(Cl)c2c1OCCCO2. The second-order valence-electron chi connectivity index (χ2n) is 3.54. The zero-order valence-electron chi connectivity index (χ0n) is 8.87. The van der Waals surface area contributed by atoms with Crippen molar-refractivity contribution in [1.82, 2.24) is 0 Å². The highest BCUT2D eigenvalue weighted by Gasteiger charge is 2.17. The third kappa shape index (κ3) is 2.40. The Balaban J connectivity index is 2.31. The molecule has 0 aromatic heterocycles. The average molecular weight is 244 g/mol. The molecule has 0 atom stereocenters. The maximum absolute atomic E-state index is 6.06. The molecule has 16 heavy (non-hydrogen) atoms. The molecule has 1 aliphatic heterocycles. The Hall–Kier alpha value is -0.970. The number of halogens is 1. The topological polar surface area (TPSA) is 53.7 Å². The van der Waals surface area contributed by atoms with Crippen molar-refractivity contribution in [2.45, 2.75) is 12.8 Å². The third-order valence-corrected chi connectivity index (χ3v) is 2.71. The summed E-state index contributed by atoms with van der Waals surface area (Å²) in [7, 11) is 0. The Morgan fingerprint density at radius 1 is 1.25 bits per heavy atom. The average Bonchev–Trinajstić information content (AvgIpc) is 2.54. The number of hydrogen-bond donors (Lipinski definition) is 1. The highest BCUT2D eigenvalue weighted by molar-refractivity contribution is 6.32. The first-order valence-corrected chi connectivity index (χ1v) is 5.59. The van der Waals surface area contributed by atoms with E-state index in [9.17, 15) is 0 Å². The van der Waals surface area contributed by atoms with Gasteiger partial charge in [0.05, 0.1) is 24.8 Å². The molecule has 0 aliphatic carbocycles. The van der Waals surface area contributed by atoms with Gasteiger partial charge in [-0.05, 0) is 6.07 Å². The lowest BCUT2D eigenvalue weighted by Gasteiger charge is -2.13. The second kappa shape index (κ2) is 5.39. The van der Waals surface area contributed by atoms with Crippen LogP contribution in [-0.2, 0) is 11.3 Å². The summed E-state index contributed by atoms with van der Waals surface area (Å²) in [6.07, 6.45) is 1.54. The van der Waals surface area contributed by atoms with Crippen molar-refractivity contribution in [2.75, 3.05) is 19.8 Å². The molecular weight excluding hydrogens is 230 g/mol. The van der Waals surface area contributed by atoms with Crippen LogP contribution in [0.2, 0.25) is 5.02 Å². The highest BCUT2D eigenvalue weighted by atomic mass is 35.5. The van der Waals surface area contributed by atoms with Crippen LogP contribution in [0.15, 0.2) is 12.1 Å². The predicted octanol–water partition coefficient (Wildman–Crippen LogP) is 1.93. The molecule has 0 radical (unpaired) electrons. The monoisotopic (exact) mass is 243 g/mol. The van der Waals surface area contributed by atoms with Crippen LogP contribution in [0.1, 0.15) is 12.0 Å². The molecule has 2 N–H and O–H groups in total. The number of rotatable bonds is 3. The lowest BCUT2D eigenvalue weighted by Crippen LogP contribution is -2.05. The number of benzene rings is 1. The molecule has 0 fully saturated rings. The van der Waals surface area contributed by atoms with Crippen LogP contribution < -0.4 is 15.4 Å². The smallest absolute Gasteiger partial charge is 0.180 e. The molecule has 0 unspecified atom stereocenters. The van der Waals surface area contributed by atoms with E-state index >= 15 is 0 Å². The Morgan fingerprint density at radius 3 is 2.75 bits per heavy atom. The predicted molar refractivity (Wildman–Crippen MR) is 60.9 cm³/mol. The van der Waals surface area contributed by atoms with Crippen LogP contribution in [0.25, 0.3) is 0 Å². The minimum atomic E-state index is 0.442. The molecule has 0 spiro atoms. The van der Waals surface area contributed by atoms with Crippen LogP contribution in [0.4, 0.5) is 0 Å². The zero-order valence-corrected chi connectivity index (χ0v) is 9.63. The molecule has 2 rings (SSSR count). The molecule has 0 saturated carbocycles. The van der Waals surface area contributed by atoms with E-state index in [0.717, 1.165) is 17.7 Å². The standard InChI is InChI=1S/C11H14ClNO3/c12-9-3-2-8(4-7-16-13)10-11(9)15-6-1-5-14-10/h2-3H,1,4-7,13H2. The molecule has 88 valence electrons. The second-order valence-corrected chi connectivity index (χ2v) is 3.94. The van der Waals surface area contributed by atoms with Gasteiger partial charge in [0.2, 0.25) is 0 Å². The lowest BCUT2D eigenvalue weighted by atomic mass is 10.1. The summed E-state index contributed by atoms with van der Waals surface area (Å²) in [6.45, 7) is 1.71. The van der Waals surface area contributed by atoms with Gasteiger partial charge in [0, 0.05) is 18.4 Å². The fraction of sp³-hybridized carbons (Fsp3) is 0.455. The minimum Gasteiger partial charge on any atom is -0.489 e. The van der Waals surface area contributed by atoms with Gasteiger partial charge in [-0.25, -0.2) is 5.90 Å². The minimum absolute atomic E-state index is 0.442. The van der Waals surface area contributed by atoms with E-state index in [0.29, 0.717) is 37.0 Å². The summed E-state index contributed by atoms with van der Waals surface area (Å²) in [5.74, 6) is 6.37. The van der Waals surface area contributed by atoms with Crippen LogP contribution in [0.3, 0.4) is 0 Å². The zero-order chi connectivity index (χ0) is 11.4. The fourth-order valence-corrected chi connectivity index (χ4v) is 1.85. The molecule has 0 saturated heterocycles. The molecular formula is C11H14ClNO3. The summed E-state index contributed by atoms with van der Waals surface area (Å²) in [6, 6.07) is 3.72. The van der Waals surface area contributed by atoms with E-state index in [1.807, 2.05) is 6.07 Å². The molecule has 4 nitrogen and oxygen atoms in total. The van der Waals surface area contributed by atoms with E-state index in [1.54, 1.807) is 6.07 Å². The van der Waals surface area contributed by atoms with Gasteiger partial charge in [0.15, 0.2) is 11.5 Å². The quantitative estimate of drug-likeness (QED) is 0.825. The van der Waals surface area contributed by atoms with Crippen molar-refractivity contribution in [2.24, 2.45) is 5.90 Å². The van der Waals surface area contributed by atoms with Gasteiger partial charge >= 0.3 is 0 Å². The fourth-order valence-electron chi connectivity index (χ4n) is 1.65. The lowest BCUT2D eigenvalue weighted by molar-refractivity contribution is 0.140. The highest BCUT2D eigenvalue weighted by Crippen LogP contribution is 2.39. The van der Waals surface area contributed by atoms with Crippen LogP contribution in [-0.4, -0.2) is 19.8 Å². The molecule has 1 heterocycles. The molecule has 1 aromatic carbocycles. The van der Waals surface area contributed by atoms with Gasteiger partial charge in [-0.3, -0.25) is 0 Å². The maximum atomic E-state index is 6.06. The Labute approximate surface area is 99.2 Å². The normalized spacial score (nSPS) is 14.6. The summed E-state index contributed by atoms with van der Waals surface area (Å²) < 4.78 is 11.2.